The van der Waals surface area contributed by atoms with Crippen molar-refractivity contribution >= 4 is 38.3 Å². The minimum Gasteiger partial charge on any atom is -0.321 e. The summed E-state index contributed by atoms with van der Waals surface area (Å²) in [4.78, 5) is 26.5. The van der Waals surface area contributed by atoms with Crippen molar-refractivity contribution in [3.8, 4) is 0 Å². The van der Waals surface area contributed by atoms with Crippen LogP contribution < -0.4 is 10.6 Å². The SMILES string of the molecule is O=C(Nc1ccc(S(=O)(=O)N(C(=O)C2CCCC2)C2CCNCC2)c2ccccc12)c1ccccc1. The molecule has 1 heterocycles. The number of benzene rings is 3. The molecule has 36 heavy (non-hydrogen) atoms. The number of nitrogens with zero attached hydrogens (tertiary/aromatic N) is 1. The van der Waals surface area contributed by atoms with Crippen LogP contribution in [-0.2, 0) is 14.8 Å². The molecule has 0 aromatic heterocycles. The molecule has 0 unspecified atom stereocenters. The van der Waals surface area contributed by atoms with Crippen LogP contribution in [-0.4, -0.2) is 43.7 Å². The van der Waals surface area contributed by atoms with Gasteiger partial charge in [0.1, 0.15) is 0 Å². The second kappa shape index (κ2) is 10.4. The van der Waals surface area contributed by atoms with Crippen LogP contribution in [0.3, 0.4) is 0 Å². The summed E-state index contributed by atoms with van der Waals surface area (Å²) < 4.78 is 29.6. The number of hydrogen-bond donors (Lipinski definition) is 2. The van der Waals surface area contributed by atoms with Crippen molar-refractivity contribution in [3.63, 3.8) is 0 Å². The average molecular weight is 506 g/mol. The third kappa shape index (κ3) is 4.75. The molecule has 7 nitrogen and oxygen atoms in total. The minimum absolute atomic E-state index is 0.0979. The van der Waals surface area contributed by atoms with E-state index in [1.165, 1.54) is 10.4 Å². The zero-order valence-electron chi connectivity index (χ0n) is 20.2. The predicted molar refractivity (Wildman–Crippen MR) is 140 cm³/mol. The molecule has 2 fully saturated rings. The van der Waals surface area contributed by atoms with Crippen molar-refractivity contribution in [2.45, 2.75) is 49.5 Å². The lowest BCUT2D eigenvalue weighted by atomic mass is 10.0. The second-order valence-corrected chi connectivity index (χ2v) is 11.4. The molecule has 0 radical (unpaired) electrons. The lowest BCUT2D eigenvalue weighted by Gasteiger charge is -2.35. The van der Waals surface area contributed by atoms with Gasteiger partial charge in [-0.3, -0.25) is 9.59 Å². The molecule has 188 valence electrons. The third-order valence-electron chi connectivity index (χ3n) is 7.27. The van der Waals surface area contributed by atoms with E-state index in [-0.39, 0.29) is 28.7 Å². The van der Waals surface area contributed by atoms with Gasteiger partial charge < -0.3 is 10.6 Å². The second-order valence-electron chi connectivity index (χ2n) is 9.58. The van der Waals surface area contributed by atoms with E-state index in [1.54, 1.807) is 48.5 Å². The Labute approximate surface area is 211 Å². The highest BCUT2D eigenvalue weighted by atomic mass is 32.2. The number of hydrogen-bond acceptors (Lipinski definition) is 5. The molecule has 8 heteroatoms. The van der Waals surface area contributed by atoms with E-state index < -0.39 is 10.0 Å². The summed E-state index contributed by atoms with van der Waals surface area (Å²) in [6.07, 6.45) is 4.58. The van der Waals surface area contributed by atoms with E-state index >= 15 is 0 Å². The fraction of sp³-hybridized carbons (Fsp3) is 0.357. The molecule has 1 saturated carbocycles. The highest BCUT2D eigenvalue weighted by molar-refractivity contribution is 7.90. The number of fused-ring (bicyclic) bond motifs is 1. The van der Waals surface area contributed by atoms with Gasteiger partial charge in [0, 0.05) is 27.9 Å². The number of amides is 2. The van der Waals surface area contributed by atoms with Gasteiger partial charge in [0.2, 0.25) is 5.91 Å². The van der Waals surface area contributed by atoms with Crippen LogP contribution in [0.5, 0.6) is 0 Å². The van der Waals surface area contributed by atoms with Gasteiger partial charge in [0.25, 0.3) is 15.9 Å². The summed E-state index contributed by atoms with van der Waals surface area (Å²) in [7, 11) is -4.12. The molecule has 1 saturated heterocycles. The maximum atomic E-state index is 14.2. The van der Waals surface area contributed by atoms with Gasteiger partial charge in [-0.2, -0.15) is 0 Å². The summed E-state index contributed by atoms with van der Waals surface area (Å²) in [5.41, 5.74) is 1.03. The molecule has 1 aliphatic carbocycles. The number of piperidine rings is 1. The van der Waals surface area contributed by atoms with Crippen molar-refractivity contribution in [1.29, 1.82) is 0 Å². The number of rotatable bonds is 6. The van der Waals surface area contributed by atoms with Gasteiger partial charge >= 0.3 is 0 Å². The minimum atomic E-state index is -4.12. The molecule has 2 N–H and O–H groups in total. The standard InChI is InChI=1S/C28H31N3O4S/c32-27(20-8-2-1-3-9-20)30-25-14-15-26(24-13-7-6-12-23(24)25)36(34,35)31(22-16-18-29-19-17-22)28(33)21-10-4-5-11-21/h1-3,6-9,12-15,21-22,29H,4-5,10-11,16-19H2,(H,30,32). The molecule has 2 aliphatic rings. The van der Waals surface area contributed by atoms with E-state index in [4.69, 9.17) is 0 Å². The largest absolute Gasteiger partial charge is 0.321 e. The zero-order valence-corrected chi connectivity index (χ0v) is 21.0. The summed E-state index contributed by atoms with van der Waals surface area (Å²) in [5, 5.41) is 7.28. The highest BCUT2D eigenvalue weighted by Gasteiger charge is 2.40. The topological polar surface area (TPSA) is 95.6 Å². The van der Waals surface area contributed by atoms with Gasteiger partial charge in [-0.25, -0.2) is 12.7 Å². The van der Waals surface area contributed by atoms with Crippen LogP contribution in [0.15, 0.2) is 71.6 Å². The van der Waals surface area contributed by atoms with Crippen LogP contribution in [0.1, 0.15) is 48.9 Å². The molecule has 0 spiro atoms. The Balaban J connectivity index is 1.55. The molecule has 2 amide bonds. The Morgan fingerprint density at radius 2 is 1.44 bits per heavy atom. The van der Waals surface area contributed by atoms with Crippen LogP contribution in [0.4, 0.5) is 5.69 Å². The van der Waals surface area contributed by atoms with E-state index in [1.807, 2.05) is 12.1 Å². The quantitative estimate of drug-likeness (QED) is 0.512. The first-order valence-corrected chi connectivity index (χ1v) is 14.1. The number of carbonyl (C=O) groups excluding carboxylic acids is 2. The first-order valence-electron chi connectivity index (χ1n) is 12.6. The van der Waals surface area contributed by atoms with Crippen LogP contribution in [0.25, 0.3) is 10.8 Å². The van der Waals surface area contributed by atoms with Gasteiger partial charge in [-0.05, 0) is 63.0 Å². The molecular weight excluding hydrogens is 474 g/mol. The van der Waals surface area contributed by atoms with Crippen molar-refractivity contribution < 1.29 is 18.0 Å². The lowest BCUT2D eigenvalue weighted by molar-refractivity contribution is -0.132. The van der Waals surface area contributed by atoms with Crippen LogP contribution in [0, 0.1) is 5.92 Å². The maximum Gasteiger partial charge on any atom is 0.267 e. The summed E-state index contributed by atoms with van der Waals surface area (Å²) >= 11 is 0. The molecule has 0 atom stereocenters. The van der Waals surface area contributed by atoms with Crippen molar-refractivity contribution in [3.05, 3.63) is 72.3 Å². The third-order valence-corrected chi connectivity index (χ3v) is 9.17. The molecule has 0 bridgehead atoms. The summed E-state index contributed by atoms with van der Waals surface area (Å²) in [6, 6.07) is 18.8. The fourth-order valence-electron chi connectivity index (χ4n) is 5.38. The van der Waals surface area contributed by atoms with E-state index in [9.17, 15) is 18.0 Å². The Bertz CT molecular complexity index is 1360. The van der Waals surface area contributed by atoms with Gasteiger partial charge in [-0.1, -0.05) is 55.3 Å². The first kappa shape index (κ1) is 24.5. The molecule has 5 rings (SSSR count). The van der Waals surface area contributed by atoms with Crippen molar-refractivity contribution in [1.82, 2.24) is 9.62 Å². The molecule has 1 aliphatic heterocycles. The number of carbonyl (C=O) groups is 2. The van der Waals surface area contributed by atoms with Gasteiger partial charge in [-0.15, -0.1) is 0 Å². The average Bonchev–Trinajstić information content (AvgIpc) is 3.45. The lowest BCUT2D eigenvalue weighted by Crippen LogP contribution is -2.50. The smallest absolute Gasteiger partial charge is 0.267 e. The summed E-state index contributed by atoms with van der Waals surface area (Å²) in [5.74, 6) is -0.792. The normalized spacial score (nSPS) is 17.2. The molecule has 3 aromatic rings. The Morgan fingerprint density at radius 1 is 0.806 bits per heavy atom. The van der Waals surface area contributed by atoms with Gasteiger partial charge in [0.15, 0.2) is 0 Å². The fourth-order valence-corrected chi connectivity index (χ4v) is 7.28. The van der Waals surface area contributed by atoms with Crippen molar-refractivity contribution in [2.75, 3.05) is 18.4 Å². The zero-order chi connectivity index (χ0) is 25.1. The van der Waals surface area contributed by atoms with Crippen molar-refractivity contribution in [2.24, 2.45) is 5.92 Å². The first-order chi connectivity index (χ1) is 17.5. The number of nitrogens with one attached hydrogen (secondary N) is 2. The Morgan fingerprint density at radius 3 is 2.14 bits per heavy atom. The molecular formula is C28H31N3O4S. The number of sulfonamides is 1. The highest BCUT2D eigenvalue weighted by Crippen LogP contribution is 2.36. The van der Waals surface area contributed by atoms with Crippen LogP contribution >= 0.6 is 0 Å². The monoisotopic (exact) mass is 505 g/mol. The van der Waals surface area contributed by atoms with E-state index in [2.05, 4.69) is 10.6 Å². The summed E-state index contributed by atoms with van der Waals surface area (Å²) in [6.45, 7) is 1.36. The number of anilines is 1. The van der Waals surface area contributed by atoms with Crippen LogP contribution in [0.2, 0.25) is 0 Å². The maximum absolute atomic E-state index is 14.2. The van der Waals surface area contributed by atoms with E-state index in [0.717, 1.165) is 25.7 Å². The Hall–Kier alpha value is -3.23. The van der Waals surface area contributed by atoms with Gasteiger partial charge in [0.05, 0.1) is 10.9 Å². The van der Waals surface area contributed by atoms with E-state index in [0.29, 0.717) is 48.0 Å². The Kier molecular flexibility index (Phi) is 7.07. The predicted octanol–water partition coefficient (Wildman–Crippen LogP) is 4.55. The molecule has 3 aromatic carbocycles.